The Hall–Kier alpha value is -4.32. The molecule has 0 spiro atoms. The number of anilines is 2. The number of H-pyrrole nitrogens is 1. The molecule has 0 saturated heterocycles. The summed E-state index contributed by atoms with van der Waals surface area (Å²) in [5.74, 6) is -0.0930. The monoisotopic (exact) mass is 406 g/mol. The molecule has 0 aliphatic heterocycles. The van der Waals surface area contributed by atoms with E-state index in [9.17, 15) is 20.2 Å². The number of nitriles is 1. The van der Waals surface area contributed by atoms with Crippen LogP contribution in [0.2, 0.25) is 0 Å². The summed E-state index contributed by atoms with van der Waals surface area (Å²) in [5.41, 5.74) is 2.19. The molecule has 1 aromatic heterocycles. The molecular formula is C21H18N4O5. The van der Waals surface area contributed by atoms with Crippen LogP contribution < -0.4 is 10.1 Å². The summed E-state index contributed by atoms with van der Waals surface area (Å²) in [6.45, 7) is 1.80. The molecule has 3 aromatic rings. The van der Waals surface area contributed by atoms with Crippen LogP contribution in [0.1, 0.15) is 12.6 Å². The van der Waals surface area contributed by atoms with E-state index in [4.69, 9.17) is 9.47 Å². The van der Waals surface area contributed by atoms with Gasteiger partial charge in [-0.1, -0.05) is 0 Å². The number of aromatic nitrogens is 1. The molecule has 0 saturated carbocycles. The molecule has 3 rings (SSSR count). The van der Waals surface area contributed by atoms with Gasteiger partial charge in [-0.05, 0) is 37.3 Å². The molecule has 0 atom stereocenters. The van der Waals surface area contributed by atoms with E-state index in [2.05, 4.69) is 10.3 Å². The molecule has 0 fully saturated rings. The third-order valence-electron chi connectivity index (χ3n) is 4.29. The largest absolute Gasteiger partial charge is 0.497 e. The minimum absolute atomic E-state index is 0.0292. The number of nitrogens with zero attached hydrogens (tertiary/aromatic N) is 2. The van der Waals surface area contributed by atoms with Crippen molar-refractivity contribution in [3.8, 4) is 11.8 Å². The second-order valence-corrected chi connectivity index (χ2v) is 6.14. The van der Waals surface area contributed by atoms with E-state index in [1.807, 2.05) is 12.1 Å². The van der Waals surface area contributed by atoms with Gasteiger partial charge in [0, 0.05) is 29.3 Å². The first kappa shape index (κ1) is 20.4. The molecule has 0 amide bonds. The number of methoxy groups -OCH3 is 1. The maximum Gasteiger partial charge on any atom is 0.348 e. The zero-order valence-electron chi connectivity index (χ0n) is 16.3. The second kappa shape index (κ2) is 8.79. The van der Waals surface area contributed by atoms with Crippen LogP contribution in [0.4, 0.5) is 17.1 Å². The third-order valence-corrected chi connectivity index (χ3v) is 4.29. The number of fused-ring (bicyclic) bond motifs is 1. The molecule has 9 heteroatoms. The van der Waals surface area contributed by atoms with Crippen LogP contribution in [0.15, 0.2) is 48.0 Å². The van der Waals surface area contributed by atoms with Crippen molar-refractivity contribution in [2.45, 2.75) is 6.92 Å². The first-order chi connectivity index (χ1) is 14.5. The van der Waals surface area contributed by atoms with Gasteiger partial charge in [0.1, 0.15) is 17.4 Å². The lowest BCUT2D eigenvalue weighted by Crippen LogP contribution is -2.06. The van der Waals surface area contributed by atoms with Crippen molar-refractivity contribution in [2.75, 3.05) is 19.0 Å². The quantitative estimate of drug-likeness (QED) is 0.197. The summed E-state index contributed by atoms with van der Waals surface area (Å²) in [4.78, 5) is 25.6. The average Bonchev–Trinajstić information content (AvgIpc) is 3.08. The molecular weight excluding hydrogens is 388 g/mol. The van der Waals surface area contributed by atoms with Crippen LogP contribution in [0.5, 0.6) is 5.75 Å². The van der Waals surface area contributed by atoms with E-state index >= 15 is 0 Å². The number of esters is 1. The number of carbonyl (C=O) groups excluding carboxylic acids is 1. The molecule has 152 valence electrons. The van der Waals surface area contributed by atoms with E-state index in [1.165, 1.54) is 18.2 Å². The fraction of sp³-hybridized carbons (Fsp3) is 0.143. The number of nitro benzene ring substituents is 1. The van der Waals surface area contributed by atoms with Crippen LogP contribution in [0, 0.1) is 21.4 Å². The van der Waals surface area contributed by atoms with Crippen molar-refractivity contribution < 1.29 is 19.2 Å². The lowest BCUT2D eigenvalue weighted by Gasteiger charge is -2.07. The number of hydrogen-bond donors (Lipinski definition) is 2. The maximum atomic E-state index is 12.0. The summed E-state index contributed by atoms with van der Waals surface area (Å²) in [6.07, 6.45) is 1.40. The maximum absolute atomic E-state index is 12.0. The number of ether oxygens (including phenoxy) is 2. The minimum Gasteiger partial charge on any atom is -0.497 e. The zero-order valence-corrected chi connectivity index (χ0v) is 16.3. The number of aromatic amines is 1. The highest BCUT2D eigenvalue weighted by molar-refractivity contribution is 6.04. The van der Waals surface area contributed by atoms with E-state index < -0.39 is 10.9 Å². The molecule has 0 aliphatic carbocycles. The Morgan fingerprint density at radius 1 is 1.30 bits per heavy atom. The van der Waals surface area contributed by atoms with Crippen LogP contribution in [-0.2, 0) is 9.53 Å². The molecule has 2 aromatic carbocycles. The Morgan fingerprint density at radius 2 is 2.03 bits per heavy atom. The lowest BCUT2D eigenvalue weighted by molar-refractivity contribution is -0.384. The third kappa shape index (κ3) is 4.23. The molecule has 9 nitrogen and oxygen atoms in total. The van der Waals surface area contributed by atoms with Gasteiger partial charge in [0.2, 0.25) is 0 Å². The van der Waals surface area contributed by atoms with Crippen molar-refractivity contribution >= 4 is 40.0 Å². The Morgan fingerprint density at radius 3 is 2.63 bits per heavy atom. The van der Waals surface area contributed by atoms with Crippen LogP contribution in [0.3, 0.4) is 0 Å². The van der Waals surface area contributed by atoms with Gasteiger partial charge in [0.15, 0.2) is 0 Å². The molecule has 0 aliphatic rings. The van der Waals surface area contributed by atoms with Gasteiger partial charge in [-0.3, -0.25) is 10.1 Å². The predicted octanol–water partition coefficient (Wildman–Crippen LogP) is 4.30. The fourth-order valence-electron chi connectivity index (χ4n) is 2.87. The van der Waals surface area contributed by atoms with E-state index in [1.54, 1.807) is 38.3 Å². The Kier molecular flexibility index (Phi) is 5.98. The number of carbonyl (C=O) groups is 1. The Balaban J connectivity index is 2.10. The molecule has 0 bridgehead atoms. The van der Waals surface area contributed by atoms with Crippen molar-refractivity contribution in [1.82, 2.24) is 4.98 Å². The van der Waals surface area contributed by atoms with Gasteiger partial charge in [0.25, 0.3) is 5.69 Å². The molecule has 0 unspecified atom stereocenters. The van der Waals surface area contributed by atoms with Gasteiger partial charge in [-0.2, -0.15) is 5.26 Å². The Labute approximate surface area is 171 Å². The summed E-state index contributed by atoms with van der Waals surface area (Å²) < 4.78 is 10.2. The molecule has 30 heavy (non-hydrogen) atoms. The van der Waals surface area contributed by atoms with Gasteiger partial charge in [0.05, 0.1) is 35.5 Å². The van der Waals surface area contributed by atoms with Gasteiger partial charge in [-0.25, -0.2) is 4.79 Å². The standard InChI is InChI=1S/C21H18N4O5/c1-3-30-21(26)13(12-22)10-19-20(17-9-8-16(29-2)11-18(17)24-19)23-14-4-6-15(7-5-14)25(27)28/h4-11,23-24H,3H2,1-2H3. The molecule has 2 N–H and O–H groups in total. The predicted molar refractivity (Wildman–Crippen MR) is 111 cm³/mol. The average molecular weight is 406 g/mol. The normalized spacial score (nSPS) is 11.0. The number of rotatable bonds is 7. The number of hydrogen-bond acceptors (Lipinski definition) is 7. The topological polar surface area (TPSA) is 130 Å². The first-order valence-electron chi connectivity index (χ1n) is 8.97. The molecule has 1 heterocycles. The van der Waals surface area contributed by atoms with Crippen LogP contribution >= 0.6 is 0 Å². The van der Waals surface area contributed by atoms with Crippen molar-refractivity contribution in [1.29, 1.82) is 5.26 Å². The van der Waals surface area contributed by atoms with E-state index in [-0.39, 0.29) is 17.9 Å². The first-order valence-corrected chi connectivity index (χ1v) is 8.97. The SMILES string of the molecule is CCOC(=O)C(C#N)=Cc1[nH]c2cc(OC)ccc2c1Nc1ccc([N+](=O)[O-])cc1. The summed E-state index contributed by atoms with van der Waals surface area (Å²) >= 11 is 0. The highest BCUT2D eigenvalue weighted by Crippen LogP contribution is 2.34. The minimum atomic E-state index is -0.725. The van der Waals surface area contributed by atoms with E-state index in [0.29, 0.717) is 28.3 Å². The lowest BCUT2D eigenvalue weighted by atomic mass is 10.1. The zero-order chi connectivity index (χ0) is 21.7. The smallest absolute Gasteiger partial charge is 0.348 e. The van der Waals surface area contributed by atoms with Crippen molar-refractivity contribution in [2.24, 2.45) is 0 Å². The van der Waals surface area contributed by atoms with Gasteiger partial charge >= 0.3 is 5.97 Å². The molecule has 0 radical (unpaired) electrons. The number of nitro groups is 1. The summed E-state index contributed by atoms with van der Waals surface area (Å²) in [7, 11) is 1.55. The van der Waals surface area contributed by atoms with Crippen molar-refractivity contribution in [3.63, 3.8) is 0 Å². The highest BCUT2D eigenvalue weighted by Gasteiger charge is 2.16. The highest BCUT2D eigenvalue weighted by atomic mass is 16.6. The number of benzene rings is 2. The Bertz CT molecular complexity index is 1170. The van der Waals surface area contributed by atoms with Gasteiger partial charge in [-0.15, -0.1) is 0 Å². The number of nitrogens with one attached hydrogen (secondary N) is 2. The van der Waals surface area contributed by atoms with Crippen LogP contribution in [-0.4, -0.2) is 29.6 Å². The summed E-state index contributed by atoms with van der Waals surface area (Å²) in [6, 6.07) is 13.2. The van der Waals surface area contributed by atoms with Crippen LogP contribution in [0.25, 0.3) is 17.0 Å². The summed E-state index contributed by atoms with van der Waals surface area (Å²) in [5, 5.41) is 24.2. The van der Waals surface area contributed by atoms with Crippen molar-refractivity contribution in [3.05, 3.63) is 63.8 Å². The fourth-order valence-corrected chi connectivity index (χ4v) is 2.87. The second-order valence-electron chi connectivity index (χ2n) is 6.14. The number of non-ortho nitro benzene ring substituents is 1. The van der Waals surface area contributed by atoms with E-state index in [0.717, 1.165) is 5.39 Å². The van der Waals surface area contributed by atoms with Gasteiger partial charge < -0.3 is 19.8 Å².